The fourth-order valence-electron chi connectivity index (χ4n) is 2.88. The smallest absolute Gasteiger partial charge is 0.161 e. The molecule has 0 radical (unpaired) electrons. The summed E-state index contributed by atoms with van der Waals surface area (Å²) in [6, 6.07) is 14.5. The molecule has 26 heavy (non-hydrogen) atoms. The minimum absolute atomic E-state index is 0.263. The minimum Gasteiger partial charge on any atom is -0.366 e. The Morgan fingerprint density at radius 3 is 2.73 bits per heavy atom. The van der Waals surface area contributed by atoms with Crippen LogP contribution in [0.1, 0.15) is 16.5 Å². The summed E-state index contributed by atoms with van der Waals surface area (Å²) in [4.78, 5) is 4.92. The van der Waals surface area contributed by atoms with Crippen molar-refractivity contribution in [2.75, 3.05) is 0 Å². The first-order valence-electron chi connectivity index (χ1n) is 8.07. The van der Waals surface area contributed by atoms with Gasteiger partial charge >= 0.3 is 0 Å². The molecule has 0 aliphatic rings. The molecular weight excluding hydrogens is 389 g/mol. The molecule has 0 saturated heterocycles. The highest BCUT2D eigenvalue weighted by Gasteiger charge is 2.22. The number of nitrogens with zero attached hydrogens (tertiary/aromatic N) is 3. The van der Waals surface area contributed by atoms with Crippen molar-refractivity contribution in [2.45, 2.75) is 19.3 Å². The summed E-state index contributed by atoms with van der Waals surface area (Å²) in [5.74, 6) is 0. The average Bonchev–Trinajstić information content (AvgIpc) is 3.29. The molecule has 0 amide bonds. The predicted octanol–water partition coefficient (Wildman–Crippen LogP) is 5.76. The standard InChI is InChI=1S/C19H15Cl2N3OS/c20-17-18(26-23-19(17)21)16(10-24-9-8-22-12-24)25-11-14-6-3-5-13-4-1-2-7-15(13)14/h1-9,12,16H,10-11H2/t16-/m1/s1. The van der Waals surface area contributed by atoms with Crippen LogP contribution in [0.4, 0.5) is 0 Å². The quantitative estimate of drug-likeness (QED) is 0.410. The van der Waals surface area contributed by atoms with Gasteiger partial charge in [-0.15, -0.1) is 0 Å². The van der Waals surface area contributed by atoms with E-state index in [9.17, 15) is 0 Å². The molecule has 2 aromatic carbocycles. The normalized spacial score (nSPS) is 12.5. The van der Waals surface area contributed by atoms with Gasteiger partial charge in [0.1, 0.15) is 6.10 Å². The van der Waals surface area contributed by atoms with E-state index in [0.717, 1.165) is 10.4 Å². The molecule has 0 aliphatic heterocycles. The number of benzene rings is 2. The first-order valence-corrected chi connectivity index (χ1v) is 9.60. The zero-order valence-electron chi connectivity index (χ0n) is 13.7. The van der Waals surface area contributed by atoms with E-state index in [4.69, 9.17) is 27.9 Å². The van der Waals surface area contributed by atoms with Crippen molar-refractivity contribution < 1.29 is 4.74 Å². The maximum atomic E-state index is 6.33. The molecule has 7 heteroatoms. The molecule has 2 heterocycles. The summed E-state index contributed by atoms with van der Waals surface area (Å²) in [5.41, 5.74) is 1.13. The molecule has 0 fully saturated rings. The van der Waals surface area contributed by atoms with E-state index in [-0.39, 0.29) is 6.10 Å². The van der Waals surface area contributed by atoms with E-state index >= 15 is 0 Å². The van der Waals surface area contributed by atoms with Crippen LogP contribution in [-0.2, 0) is 17.9 Å². The summed E-state index contributed by atoms with van der Waals surface area (Å²) in [7, 11) is 0. The summed E-state index contributed by atoms with van der Waals surface area (Å²) in [6.45, 7) is 1.05. The number of hydrogen-bond donors (Lipinski definition) is 0. The van der Waals surface area contributed by atoms with Crippen molar-refractivity contribution in [2.24, 2.45) is 0 Å². The molecule has 132 valence electrons. The van der Waals surface area contributed by atoms with Gasteiger partial charge in [0.2, 0.25) is 0 Å². The van der Waals surface area contributed by atoms with E-state index in [1.54, 1.807) is 12.5 Å². The lowest BCUT2D eigenvalue weighted by Crippen LogP contribution is -2.11. The van der Waals surface area contributed by atoms with Crippen LogP contribution in [0.2, 0.25) is 10.2 Å². The van der Waals surface area contributed by atoms with Gasteiger partial charge in [-0.05, 0) is 27.9 Å². The number of rotatable bonds is 6. The van der Waals surface area contributed by atoms with Crippen LogP contribution in [0.25, 0.3) is 10.8 Å². The Balaban J connectivity index is 1.61. The number of aromatic nitrogens is 3. The second kappa shape index (κ2) is 7.76. The number of hydrogen-bond acceptors (Lipinski definition) is 4. The van der Waals surface area contributed by atoms with Gasteiger partial charge in [0, 0.05) is 12.4 Å². The van der Waals surface area contributed by atoms with Gasteiger partial charge in [-0.2, -0.15) is 4.37 Å². The van der Waals surface area contributed by atoms with Crippen LogP contribution >= 0.6 is 34.7 Å². The maximum Gasteiger partial charge on any atom is 0.161 e. The Bertz CT molecular complexity index is 1010. The molecule has 0 saturated carbocycles. The monoisotopic (exact) mass is 403 g/mol. The summed E-state index contributed by atoms with van der Waals surface area (Å²) < 4.78 is 12.4. The Kier molecular flexibility index (Phi) is 5.22. The Hall–Kier alpha value is -1.92. The highest BCUT2D eigenvalue weighted by atomic mass is 35.5. The maximum absolute atomic E-state index is 6.33. The van der Waals surface area contributed by atoms with E-state index in [1.165, 1.54) is 22.3 Å². The summed E-state index contributed by atoms with van der Waals surface area (Å²) in [6.07, 6.45) is 5.12. The van der Waals surface area contributed by atoms with Crippen LogP contribution in [0, 0.1) is 0 Å². The number of halogens is 2. The van der Waals surface area contributed by atoms with Crippen LogP contribution in [0.15, 0.2) is 61.2 Å². The van der Waals surface area contributed by atoms with Gasteiger partial charge in [-0.25, -0.2) is 4.98 Å². The van der Waals surface area contributed by atoms with Crippen LogP contribution < -0.4 is 0 Å². The molecule has 4 rings (SSSR count). The molecule has 0 N–H and O–H groups in total. The molecule has 2 aromatic heterocycles. The molecule has 0 bridgehead atoms. The van der Waals surface area contributed by atoms with Gasteiger partial charge in [0.15, 0.2) is 5.15 Å². The van der Waals surface area contributed by atoms with Crippen molar-refractivity contribution in [1.82, 2.24) is 13.9 Å². The molecule has 4 aromatic rings. The van der Waals surface area contributed by atoms with Crippen molar-refractivity contribution in [3.05, 3.63) is 81.8 Å². The lowest BCUT2D eigenvalue weighted by molar-refractivity contribution is 0.0310. The second-order valence-corrected chi connectivity index (χ2v) is 7.39. The van der Waals surface area contributed by atoms with Crippen LogP contribution in [0.3, 0.4) is 0 Å². The third kappa shape index (κ3) is 3.62. The third-order valence-electron chi connectivity index (χ3n) is 4.17. The average molecular weight is 404 g/mol. The van der Waals surface area contributed by atoms with E-state index in [2.05, 4.69) is 33.6 Å². The van der Waals surface area contributed by atoms with Gasteiger partial charge < -0.3 is 9.30 Å². The number of ether oxygens (including phenoxy) is 1. The van der Waals surface area contributed by atoms with E-state index < -0.39 is 0 Å². The molecule has 0 aliphatic carbocycles. The Morgan fingerprint density at radius 2 is 1.96 bits per heavy atom. The topological polar surface area (TPSA) is 39.9 Å². The molecule has 4 nitrogen and oxygen atoms in total. The van der Waals surface area contributed by atoms with Crippen molar-refractivity contribution in [1.29, 1.82) is 0 Å². The van der Waals surface area contributed by atoms with Gasteiger partial charge in [0.05, 0.1) is 29.4 Å². The first-order chi connectivity index (χ1) is 12.7. The molecule has 0 spiro atoms. The summed E-state index contributed by atoms with van der Waals surface area (Å²) in [5, 5.41) is 3.15. The van der Waals surface area contributed by atoms with Crippen LogP contribution in [-0.4, -0.2) is 13.9 Å². The highest BCUT2D eigenvalue weighted by Crippen LogP contribution is 2.36. The number of fused-ring (bicyclic) bond motifs is 1. The largest absolute Gasteiger partial charge is 0.366 e. The van der Waals surface area contributed by atoms with E-state index in [0.29, 0.717) is 23.3 Å². The Morgan fingerprint density at radius 1 is 1.12 bits per heavy atom. The van der Waals surface area contributed by atoms with E-state index in [1.807, 2.05) is 29.0 Å². The predicted molar refractivity (Wildman–Crippen MR) is 106 cm³/mol. The zero-order valence-corrected chi connectivity index (χ0v) is 16.0. The van der Waals surface area contributed by atoms with Gasteiger partial charge in [-0.3, -0.25) is 0 Å². The lowest BCUT2D eigenvalue weighted by Gasteiger charge is -2.18. The Labute approximate surface area is 165 Å². The first kappa shape index (κ1) is 17.5. The van der Waals surface area contributed by atoms with Crippen LogP contribution in [0.5, 0.6) is 0 Å². The van der Waals surface area contributed by atoms with Crippen molar-refractivity contribution in [3.8, 4) is 0 Å². The van der Waals surface area contributed by atoms with Crippen molar-refractivity contribution >= 4 is 45.5 Å². The molecular formula is C19H15Cl2N3OS. The van der Waals surface area contributed by atoms with Gasteiger partial charge in [0.25, 0.3) is 0 Å². The van der Waals surface area contributed by atoms with Crippen molar-refractivity contribution in [3.63, 3.8) is 0 Å². The highest BCUT2D eigenvalue weighted by molar-refractivity contribution is 7.07. The van der Waals surface area contributed by atoms with Gasteiger partial charge in [-0.1, -0.05) is 65.7 Å². The number of imidazole rings is 1. The molecule has 0 unspecified atom stereocenters. The fraction of sp³-hybridized carbons (Fsp3) is 0.158. The zero-order chi connectivity index (χ0) is 17.9. The minimum atomic E-state index is -0.263. The SMILES string of the molecule is Clc1nsc([C@@H](Cn2ccnc2)OCc2cccc3ccccc23)c1Cl. The third-order valence-corrected chi connectivity index (χ3v) is 6.07. The fourth-order valence-corrected chi connectivity index (χ4v) is 4.16. The molecule has 1 atom stereocenters. The lowest BCUT2D eigenvalue weighted by atomic mass is 10.1. The summed E-state index contributed by atoms with van der Waals surface area (Å²) >= 11 is 13.6. The second-order valence-electron chi connectivity index (χ2n) is 5.85.